The third-order valence-electron chi connectivity index (χ3n) is 4.45. The van der Waals surface area contributed by atoms with E-state index in [9.17, 15) is 4.79 Å². The van der Waals surface area contributed by atoms with E-state index in [0.717, 1.165) is 30.9 Å². The van der Waals surface area contributed by atoms with E-state index in [2.05, 4.69) is 32.2 Å². The minimum Gasteiger partial charge on any atom is -0.348 e. The van der Waals surface area contributed by atoms with Gasteiger partial charge in [0.25, 0.3) is 11.7 Å². The van der Waals surface area contributed by atoms with Crippen molar-refractivity contribution in [3.05, 3.63) is 23.3 Å². The number of hydrogen-bond acceptors (Lipinski definition) is 5. The van der Waals surface area contributed by atoms with E-state index < -0.39 is 0 Å². The number of fused-ring (bicyclic) bond motifs is 1. The van der Waals surface area contributed by atoms with Crippen molar-refractivity contribution in [2.45, 2.75) is 46.1 Å². The first-order valence-corrected chi connectivity index (χ1v) is 8.31. The highest BCUT2D eigenvalue weighted by molar-refractivity contribution is 5.90. The van der Waals surface area contributed by atoms with Crippen molar-refractivity contribution in [1.82, 2.24) is 29.8 Å². The molecule has 1 N–H and O–H groups in total. The minimum atomic E-state index is -0.231. The molecule has 0 radical (unpaired) electrons. The molecule has 2 aromatic rings. The monoisotopic (exact) mass is 316 g/mol. The van der Waals surface area contributed by atoms with Crippen molar-refractivity contribution in [1.29, 1.82) is 0 Å². The van der Waals surface area contributed by atoms with Gasteiger partial charge in [-0.2, -0.15) is 4.98 Å². The van der Waals surface area contributed by atoms with E-state index in [-0.39, 0.29) is 11.7 Å². The smallest absolute Gasteiger partial charge is 0.291 e. The molecule has 124 valence electrons. The maximum atomic E-state index is 12.4. The fraction of sp³-hybridized carbons (Fsp3) is 0.625. The highest BCUT2D eigenvalue weighted by atomic mass is 16.2. The van der Waals surface area contributed by atoms with Gasteiger partial charge in [-0.1, -0.05) is 6.92 Å². The van der Waals surface area contributed by atoms with Gasteiger partial charge < -0.3 is 5.32 Å². The number of nitrogens with one attached hydrogen (secondary N) is 1. The van der Waals surface area contributed by atoms with Crippen LogP contribution in [0.1, 0.15) is 48.2 Å². The molecule has 3 heterocycles. The summed E-state index contributed by atoms with van der Waals surface area (Å²) in [5.74, 6) is 0.423. The van der Waals surface area contributed by atoms with E-state index in [1.807, 2.05) is 19.9 Å². The van der Waals surface area contributed by atoms with Crippen LogP contribution in [0.15, 0.2) is 6.07 Å². The number of aromatic nitrogens is 4. The molecule has 0 aromatic carbocycles. The summed E-state index contributed by atoms with van der Waals surface area (Å²) in [5, 5.41) is 7.25. The largest absolute Gasteiger partial charge is 0.348 e. The molecule has 0 unspecified atom stereocenters. The molecule has 3 rings (SSSR count). The first-order valence-electron chi connectivity index (χ1n) is 8.31. The highest BCUT2D eigenvalue weighted by Gasteiger charge is 2.22. The predicted molar refractivity (Wildman–Crippen MR) is 87.5 cm³/mol. The molecule has 1 saturated heterocycles. The van der Waals surface area contributed by atoms with Crippen LogP contribution in [-0.2, 0) is 0 Å². The van der Waals surface area contributed by atoms with Gasteiger partial charge in [0, 0.05) is 24.0 Å². The predicted octanol–water partition coefficient (Wildman–Crippen LogP) is 1.35. The normalized spacial score (nSPS) is 16.8. The number of nitrogens with zero attached hydrogens (tertiary/aromatic N) is 5. The molecular formula is C16H24N6O. The summed E-state index contributed by atoms with van der Waals surface area (Å²) in [6, 6.07) is 2.31. The fourth-order valence-corrected chi connectivity index (χ4v) is 3.19. The quantitative estimate of drug-likeness (QED) is 0.901. The maximum absolute atomic E-state index is 12.4. The molecule has 23 heavy (non-hydrogen) atoms. The van der Waals surface area contributed by atoms with Crippen molar-refractivity contribution in [2.75, 3.05) is 19.6 Å². The second kappa shape index (κ2) is 6.62. The number of aryl methyl sites for hydroxylation is 2. The number of hydrogen-bond donors (Lipinski definition) is 1. The first-order chi connectivity index (χ1) is 11.1. The van der Waals surface area contributed by atoms with Crippen molar-refractivity contribution >= 4 is 11.7 Å². The number of amides is 1. The van der Waals surface area contributed by atoms with Crippen molar-refractivity contribution in [2.24, 2.45) is 0 Å². The van der Waals surface area contributed by atoms with Gasteiger partial charge in [0.15, 0.2) is 0 Å². The Kier molecular flexibility index (Phi) is 4.56. The van der Waals surface area contributed by atoms with Gasteiger partial charge in [0.2, 0.25) is 5.82 Å². The fourth-order valence-electron chi connectivity index (χ4n) is 3.19. The zero-order valence-electron chi connectivity index (χ0n) is 14.0. The van der Waals surface area contributed by atoms with E-state index in [4.69, 9.17) is 0 Å². The molecular weight excluding hydrogens is 292 g/mol. The van der Waals surface area contributed by atoms with Crippen molar-refractivity contribution in [3.8, 4) is 0 Å². The van der Waals surface area contributed by atoms with Crippen LogP contribution in [0, 0.1) is 13.8 Å². The van der Waals surface area contributed by atoms with Gasteiger partial charge in [0.1, 0.15) is 0 Å². The average Bonchev–Trinajstić information content (AvgIpc) is 3.17. The molecule has 2 aromatic heterocycles. The van der Waals surface area contributed by atoms with Crippen LogP contribution in [0.3, 0.4) is 0 Å². The van der Waals surface area contributed by atoms with Gasteiger partial charge in [-0.3, -0.25) is 9.69 Å². The van der Waals surface area contributed by atoms with Gasteiger partial charge >= 0.3 is 0 Å². The summed E-state index contributed by atoms with van der Waals surface area (Å²) in [6.07, 6.45) is 3.53. The van der Waals surface area contributed by atoms with Crippen molar-refractivity contribution in [3.63, 3.8) is 0 Å². The summed E-state index contributed by atoms with van der Waals surface area (Å²) in [7, 11) is 0. The van der Waals surface area contributed by atoms with Crippen LogP contribution in [0.25, 0.3) is 5.78 Å². The molecule has 1 amide bonds. The maximum Gasteiger partial charge on any atom is 0.291 e. The Morgan fingerprint density at radius 2 is 2.04 bits per heavy atom. The van der Waals surface area contributed by atoms with Crippen LogP contribution in [0.4, 0.5) is 0 Å². The number of likely N-dealkylation sites (tertiary alicyclic amines) is 1. The standard InChI is InChI=1S/C16H24N6O/c1-4-13(21-7-5-6-8-21)10-17-15(23)14-19-16-18-11(2)9-12(3)22(16)20-14/h9,13H,4-8,10H2,1-3H3,(H,17,23)/t13-/m1/s1. The molecule has 1 aliphatic heterocycles. The third-order valence-corrected chi connectivity index (χ3v) is 4.45. The topological polar surface area (TPSA) is 75.4 Å². The second-order valence-corrected chi connectivity index (χ2v) is 6.20. The summed E-state index contributed by atoms with van der Waals surface area (Å²) < 4.78 is 1.61. The Morgan fingerprint density at radius 1 is 1.30 bits per heavy atom. The van der Waals surface area contributed by atoms with Crippen LogP contribution in [-0.4, -0.2) is 56.1 Å². The zero-order chi connectivity index (χ0) is 16.4. The molecule has 0 bridgehead atoms. The lowest BCUT2D eigenvalue weighted by molar-refractivity contribution is 0.0927. The van der Waals surface area contributed by atoms with Crippen LogP contribution in [0.5, 0.6) is 0 Å². The molecule has 0 saturated carbocycles. The van der Waals surface area contributed by atoms with Gasteiger partial charge in [-0.05, 0) is 52.3 Å². The number of carbonyl (C=O) groups excluding carboxylic acids is 1. The lowest BCUT2D eigenvalue weighted by Gasteiger charge is -2.26. The number of carbonyl (C=O) groups is 1. The highest BCUT2D eigenvalue weighted by Crippen LogP contribution is 2.13. The molecule has 0 aliphatic carbocycles. The Morgan fingerprint density at radius 3 is 2.74 bits per heavy atom. The SMILES string of the molecule is CC[C@H](CNC(=O)c1nc2nc(C)cc(C)n2n1)N1CCCC1. The van der Waals surface area contributed by atoms with Crippen LogP contribution < -0.4 is 5.32 Å². The zero-order valence-corrected chi connectivity index (χ0v) is 14.0. The Labute approximate surface area is 136 Å². The van der Waals surface area contributed by atoms with Gasteiger partial charge in [-0.25, -0.2) is 9.50 Å². The lowest BCUT2D eigenvalue weighted by atomic mass is 10.2. The summed E-state index contributed by atoms with van der Waals surface area (Å²) in [6.45, 7) is 8.89. The molecule has 1 aliphatic rings. The van der Waals surface area contributed by atoms with Crippen LogP contribution >= 0.6 is 0 Å². The Balaban J connectivity index is 1.69. The molecule has 0 spiro atoms. The van der Waals surface area contributed by atoms with Gasteiger partial charge in [-0.15, -0.1) is 5.10 Å². The van der Waals surface area contributed by atoms with E-state index >= 15 is 0 Å². The average molecular weight is 316 g/mol. The Bertz CT molecular complexity index is 704. The van der Waals surface area contributed by atoms with Crippen molar-refractivity contribution < 1.29 is 4.79 Å². The minimum absolute atomic E-state index is 0.183. The molecule has 1 atom stereocenters. The lowest BCUT2D eigenvalue weighted by Crippen LogP contribution is -2.42. The Hall–Kier alpha value is -2.02. The second-order valence-electron chi connectivity index (χ2n) is 6.20. The summed E-state index contributed by atoms with van der Waals surface area (Å²) in [5.41, 5.74) is 1.79. The van der Waals surface area contributed by atoms with E-state index in [1.54, 1.807) is 4.52 Å². The first kappa shape index (κ1) is 15.9. The summed E-state index contributed by atoms with van der Waals surface area (Å²) >= 11 is 0. The molecule has 1 fully saturated rings. The summed E-state index contributed by atoms with van der Waals surface area (Å²) in [4.78, 5) is 23.4. The van der Waals surface area contributed by atoms with E-state index in [0.29, 0.717) is 18.4 Å². The van der Waals surface area contributed by atoms with Crippen LogP contribution in [0.2, 0.25) is 0 Å². The molecule has 7 nitrogen and oxygen atoms in total. The van der Waals surface area contributed by atoms with E-state index in [1.165, 1.54) is 12.8 Å². The number of rotatable bonds is 5. The van der Waals surface area contributed by atoms with Gasteiger partial charge in [0.05, 0.1) is 0 Å². The molecule has 7 heteroatoms. The third kappa shape index (κ3) is 3.34.